The topological polar surface area (TPSA) is 46.9 Å². The first kappa shape index (κ1) is 17.0. The first-order valence-electron chi connectivity index (χ1n) is 6.94. The fraction of sp³-hybridized carbons (Fsp3) is 0.333. The monoisotopic (exact) mass is 329 g/mol. The van der Waals surface area contributed by atoms with Crippen molar-refractivity contribution in [3.8, 4) is 0 Å². The number of hydrogen-bond donors (Lipinski definition) is 1. The van der Waals surface area contributed by atoms with Crippen LogP contribution in [0, 0.1) is 5.95 Å². The van der Waals surface area contributed by atoms with E-state index >= 15 is 0 Å². The summed E-state index contributed by atoms with van der Waals surface area (Å²) < 4.78 is 53.0. The van der Waals surface area contributed by atoms with E-state index in [0.29, 0.717) is 16.8 Å². The van der Waals surface area contributed by atoms with Crippen molar-refractivity contribution >= 4 is 11.6 Å². The summed E-state index contributed by atoms with van der Waals surface area (Å²) in [6.07, 6.45) is -3.49. The molecule has 1 heterocycles. The van der Waals surface area contributed by atoms with Gasteiger partial charge in [0.05, 0.1) is 0 Å². The quantitative estimate of drug-likeness (QED) is 0.868. The number of carbonyl (C=O) groups excluding carboxylic acids is 1. The Bertz CT molecular complexity index is 722. The Labute approximate surface area is 130 Å². The Balaban J connectivity index is 2.39. The lowest BCUT2D eigenvalue weighted by Gasteiger charge is -2.11. The van der Waals surface area contributed by atoms with Gasteiger partial charge in [0.2, 0.25) is 5.95 Å². The van der Waals surface area contributed by atoms with Crippen LogP contribution in [-0.2, 0) is 19.6 Å². The molecule has 0 aliphatic heterocycles. The number of halogens is 4. The Morgan fingerprint density at radius 2 is 1.96 bits per heavy atom. The van der Waals surface area contributed by atoms with Crippen molar-refractivity contribution in [2.24, 2.45) is 7.05 Å². The number of nitrogens with one attached hydrogen (secondary N) is 1. The molecule has 1 amide bonds. The fourth-order valence-corrected chi connectivity index (χ4v) is 2.22. The molecule has 0 unspecified atom stereocenters. The summed E-state index contributed by atoms with van der Waals surface area (Å²) in [6, 6.07) is 6.71. The number of aromatic nitrogens is 2. The van der Waals surface area contributed by atoms with E-state index in [1.165, 1.54) is 0 Å². The normalized spacial score (nSPS) is 11.6. The Hall–Kier alpha value is -2.38. The summed E-state index contributed by atoms with van der Waals surface area (Å²) in [4.78, 5) is 12.2. The highest BCUT2D eigenvalue weighted by atomic mass is 19.4. The average molecular weight is 329 g/mol. The first-order chi connectivity index (χ1) is 10.8. The van der Waals surface area contributed by atoms with Gasteiger partial charge in [-0.25, -0.2) is 4.68 Å². The van der Waals surface area contributed by atoms with Crippen LogP contribution >= 0.6 is 0 Å². The molecule has 0 saturated carbocycles. The van der Waals surface area contributed by atoms with Crippen LogP contribution in [0.25, 0.3) is 0 Å². The van der Waals surface area contributed by atoms with Gasteiger partial charge in [0.1, 0.15) is 5.56 Å². The molecule has 0 aliphatic carbocycles. The van der Waals surface area contributed by atoms with Gasteiger partial charge in [-0.05, 0) is 18.1 Å². The minimum absolute atomic E-state index is 0.357. The lowest BCUT2D eigenvalue weighted by atomic mass is 10.1. The van der Waals surface area contributed by atoms with E-state index in [4.69, 9.17) is 0 Å². The molecule has 0 aliphatic rings. The summed E-state index contributed by atoms with van der Waals surface area (Å²) in [7, 11) is 1.01. The third-order valence-electron chi connectivity index (χ3n) is 3.26. The van der Waals surface area contributed by atoms with Gasteiger partial charge in [0.25, 0.3) is 5.91 Å². The lowest BCUT2D eigenvalue weighted by molar-refractivity contribution is -0.141. The molecule has 0 atom stereocenters. The maximum absolute atomic E-state index is 13.9. The van der Waals surface area contributed by atoms with Gasteiger partial charge in [-0.3, -0.25) is 4.79 Å². The van der Waals surface area contributed by atoms with Crippen molar-refractivity contribution in [1.82, 2.24) is 9.78 Å². The van der Waals surface area contributed by atoms with Crippen molar-refractivity contribution in [3.05, 3.63) is 47.0 Å². The van der Waals surface area contributed by atoms with E-state index in [1.807, 2.05) is 6.92 Å². The lowest BCUT2D eigenvalue weighted by Crippen LogP contribution is -2.19. The van der Waals surface area contributed by atoms with Crippen LogP contribution in [0.4, 0.5) is 23.2 Å². The number of alkyl halides is 3. The van der Waals surface area contributed by atoms with Crippen LogP contribution in [-0.4, -0.2) is 15.7 Å². The predicted molar refractivity (Wildman–Crippen MR) is 76.6 cm³/mol. The zero-order chi connectivity index (χ0) is 17.2. The second kappa shape index (κ2) is 6.39. The molecule has 2 rings (SSSR count). The smallest absolute Gasteiger partial charge is 0.322 e. The minimum Gasteiger partial charge on any atom is -0.322 e. The SMILES string of the molecule is CCCc1ccccc1NC(=O)c1c(C(F)(F)F)nn(C)c1F. The zero-order valence-electron chi connectivity index (χ0n) is 12.5. The van der Waals surface area contributed by atoms with Crippen LogP contribution < -0.4 is 5.32 Å². The van der Waals surface area contributed by atoms with Gasteiger partial charge < -0.3 is 5.32 Å². The van der Waals surface area contributed by atoms with Crippen molar-refractivity contribution in [2.75, 3.05) is 5.32 Å². The third-order valence-corrected chi connectivity index (χ3v) is 3.26. The van der Waals surface area contributed by atoms with Crippen LogP contribution in [0.5, 0.6) is 0 Å². The summed E-state index contributed by atoms with van der Waals surface area (Å²) in [5.74, 6) is -2.51. The van der Waals surface area contributed by atoms with Gasteiger partial charge >= 0.3 is 6.18 Å². The predicted octanol–water partition coefficient (Wildman–Crippen LogP) is 3.78. The van der Waals surface area contributed by atoms with Gasteiger partial charge in [-0.1, -0.05) is 31.5 Å². The number of hydrogen-bond acceptors (Lipinski definition) is 2. The molecule has 8 heteroatoms. The number of rotatable bonds is 4. The molecule has 0 spiro atoms. The number of anilines is 1. The Morgan fingerprint density at radius 3 is 2.57 bits per heavy atom. The zero-order valence-corrected chi connectivity index (χ0v) is 12.5. The van der Waals surface area contributed by atoms with Gasteiger partial charge in [0.15, 0.2) is 5.69 Å². The molecule has 1 aromatic carbocycles. The van der Waals surface area contributed by atoms with Gasteiger partial charge in [0, 0.05) is 12.7 Å². The Kier molecular flexibility index (Phi) is 4.72. The van der Waals surface area contributed by atoms with Crippen LogP contribution in [0.15, 0.2) is 24.3 Å². The van der Waals surface area contributed by atoms with E-state index in [9.17, 15) is 22.4 Å². The highest BCUT2D eigenvalue weighted by Crippen LogP contribution is 2.32. The number of carbonyl (C=O) groups is 1. The molecule has 0 saturated heterocycles. The number of aryl methyl sites for hydroxylation is 2. The molecule has 4 nitrogen and oxygen atoms in total. The Morgan fingerprint density at radius 1 is 1.30 bits per heavy atom. The number of nitrogens with zero attached hydrogens (tertiary/aromatic N) is 2. The average Bonchev–Trinajstić information content (AvgIpc) is 2.77. The van der Waals surface area contributed by atoms with E-state index in [2.05, 4.69) is 10.4 Å². The number of amides is 1. The number of benzene rings is 1. The molecule has 1 aromatic heterocycles. The molecule has 2 aromatic rings. The standard InChI is InChI=1S/C15H15F4N3O/c1-3-6-9-7-4-5-8-10(9)20-14(23)11-12(15(17,18)19)21-22(2)13(11)16/h4-5,7-8H,3,6H2,1-2H3,(H,20,23). The first-order valence-corrected chi connectivity index (χ1v) is 6.94. The molecule has 124 valence electrons. The largest absolute Gasteiger partial charge is 0.436 e. The summed E-state index contributed by atoms with van der Waals surface area (Å²) >= 11 is 0. The second-order valence-electron chi connectivity index (χ2n) is 5.00. The van der Waals surface area contributed by atoms with Crippen molar-refractivity contribution < 1.29 is 22.4 Å². The minimum atomic E-state index is -4.92. The molecule has 1 N–H and O–H groups in total. The summed E-state index contributed by atoms with van der Waals surface area (Å²) in [6.45, 7) is 1.93. The number of para-hydroxylation sites is 1. The fourth-order valence-electron chi connectivity index (χ4n) is 2.22. The van der Waals surface area contributed by atoms with Gasteiger partial charge in [-0.15, -0.1) is 0 Å². The highest BCUT2D eigenvalue weighted by molar-refractivity contribution is 6.05. The van der Waals surface area contributed by atoms with Gasteiger partial charge in [-0.2, -0.15) is 22.7 Å². The van der Waals surface area contributed by atoms with Crippen molar-refractivity contribution in [3.63, 3.8) is 0 Å². The van der Waals surface area contributed by atoms with E-state index in [0.717, 1.165) is 19.0 Å². The highest BCUT2D eigenvalue weighted by Gasteiger charge is 2.41. The molecule has 0 bridgehead atoms. The van der Waals surface area contributed by atoms with E-state index in [-0.39, 0.29) is 0 Å². The van der Waals surface area contributed by atoms with Crippen molar-refractivity contribution in [2.45, 2.75) is 25.9 Å². The summed E-state index contributed by atoms with van der Waals surface area (Å²) in [5.41, 5.74) is -1.52. The molecule has 0 radical (unpaired) electrons. The van der Waals surface area contributed by atoms with Crippen LogP contribution in [0.2, 0.25) is 0 Å². The molecule has 0 fully saturated rings. The van der Waals surface area contributed by atoms with Crippen LogP contribution in [0.3, 0.4) is 0 Å². The maximum Gasteiger partial charge on any atom is 0.436 e. The maximum atomic E-state index is 13.9. The second-order valence-corrected chi connectivity index (χ2v) is 5.00. The third kappa shape index (κ3) is 3.52. The molecular weight excluding hydrogens is 314 g/mol. The van der Waals surface area contributed by atoms with E-state index < -0.39 is 29.3 Å². The van der Waals surface area contributed by atoms with Crippen LogP contribution in [0.1, 0.15) is 35.0 Å². The van der Waals surface area contributed by atoms with E-state index in [1.54, 1.807) is 24.3 Å². The summed E-state index contributed by atoms with van der Waals surface area (Å²) in [5, 5.41) is 5.40. The molecule has 23 heavy (non-hydrogen) atoms. The van der Waals surface area contributed by atoms with Crippen molar-refractivity contribution in [1.29, 1.82) is 0 Å². The molecular formula is C15H15F4N3O.